The topological polar surface area (TPSA) is 51.2 Å². The third-order valence-corrected chi connectivity index (χ3v) is 3.32. The van der Waals surface area contributed by atoms with Gasteiger partial charge >= 0.3 is 0 Å². The Morgan fingerprint density at radius 3 is 2.47 bits per heavy atom. The van der Waals surface area contributed by atoms with E-state index in [1.807, 2.05) is 24.3 Å². The molecule has 0 fully saturated rings. The van der Waals surface area contributed by atoms with E-state index in [4.69, 9.17) is 33.5 Å². The summed E-state index contributed by atoms with van der Waals surface area (Å²) in [4.78, 5) is 0. The zero-order valence-electron chi connectivity index (χ0n) is 8.99. The third-order valence-electron chi connectivity index (χ3n) is 2.62. The highest BCUT2D eigenvalue weighted by Crippen LogP contribution is 2.29. The van der Waals surface area contributed by atoms with Crippen molar-refractivity contribution in [3.05, 3.63) is 58.0 Å². The second-order valence-corrected chi connectivity index (χ2v) is 4.49. The number of nitrogens with two attached hydrogens (primary N) is 1. The van der Waals surface area contributed by atoms with Gasteiger partial charge in [0, 0.05) is 15.6 Å². The summed E-state index contributed by atoms with van der Waals surface area (Å²) < 4.78 is 5.03. The van der Waals surface area contributed by atoms with E-state index in [9.17, 15) is 0 Å². The summed E-state index contributed by atoms with van der Waals surface area (Å²) in [5.41, 5.74) is 4.57. The lowest BCUT2D eigenvalue weighted by Crippen LogP contribution is -2.29. The average Bonchev–Trinajstić information content (AvgIpc) is 2.82. The van der Waals surface area contributed by atoms with Gasteiger partial charge in [0.25, 0.3) is 0 Å². The summed E-state index contributed by atoms with van der Waals surface area (Å²) >= 11 is 12.2. The molecule has 3 N–H and O–H groups in total. The zero-order chi connectivity index (χ0) is 12.3. The first-order valence-corrected chi connectivity index (χ1v) is 5.89. The summed E-state index contributed by atoms with van der Waals surface area (Å²) in [6.45, 7) is 0. The number of hydrogen-bond donors (Lipinski definition) is 2. The van der Waals surface area contributed by atoms with E-state index in [1.54, 1.807) is 12.5 Å². The van der Waals surface area contributed by atoms with Crippen molar-refractivity contribution in [2.75, 3.05) is 0 Å². The van der Waals surface area contributed by atoms with Gasteiger partial charge in [0.05, 0.1) is 18.6 Å². The smallest absolute Gasteiger partial charge is 0.0950 e. The van der Waals surface area contributed by atoms with Gasteiger partial charge < -0.3 is 4.42 Å². The molecule has 0 amide bonds. The van der Waals surface area contributed by atoms with Crippen LogP contribution in [0.5, 0.6) is 0 Å². The van der Waals surface area contributed by atoms with Gasteiger partial charge in [0.1, 0.15) is 0 Å². The molecule has 0 aliphatic heterocycles. The molecule has 0 spiro atoms. The first kappa shape index (κ1) is 12.5. The molecule has 0 saturated carbocycles. The normalized spacial score (nSPS) is 12.6. The molecule has 3 nitrogen and oxygen atoms in total. The maximum Gasteiger partial charge on any atom is 0.0950 e. The molecule has 0 saturated heterocycles. The number of rotatable bonds is 4. The van der Waals surface area contributed by atoms with Gasteiger partial charge in [0.15, 0.2) is 0 Å². The van der Waals surface area contributed by atoms with Crippen LogP contribution in [0.2, 0.25) is 10.0 Å². The maximum absolute atomic E-state index is 6.12. The fraction of sp³-hybridized carbons (Fsp3) is 0.167. The second-order valence-electron chi connectivity index (χ2n) is 3.68. The number of furan rings is 1. The number of hydrogen-bond acceptors (Lipinski definition) is 3. The van der Waals surface area contributed by atoms with E-state index in [-0.39, 0.29) is 6.04 Å². The lowest BCUT2D eigenvalue weighted by atomic mass is 10.0. The Balaban J connectivity index is 2.25. The molecule has 1 heterocycles. The number of hydrazine groups is 1. The Morgan fingerprint density at radius 1 is 1.24 bits per heavy atom. The number of halogens is 2. The van der Waals surface area contributed by atoms with Crippen LogP contribution in [0.25, 0.3) is 0 Å². The molecule has 5 heteroatoms. The first-order chi connectivity index (χ1) is 8.22. The van der Waals surface area contributed by atoms with Crippen molar-refractivity contribution in [3.8, 4) is 0 Å². The quantitative estimate of drug-likeness (QED) is 0.662. The summed E-state index contributed by atoms with van der Waals surface area (Å²) in [7, 11) is 0. The van der Waals surface area contributed by atoms with Gasteiger partial charge in [-0.1, -0.05) is 29.3 Å². The van der Waals surface area contributed by atoms with E-state index < -0.39 is 0 Å². The van der Waals surface area contributed by atoms with Crippen LogP contribution in [0, 0.1) is 0 Å². The Labute approximate surface area is 109 Å². The predicted molar refractivity (Wildman–Crippen MR) is 68.9 cm³/mol. The molecule has 1 atom stereocenters. The van der Waals surface area contributed by atoms with Crippen LogP contribution >= 0.6 is 23.2 Å². The first-order valence-electron chi connectivity index (χ1n) is 5.13. The highest BCUT2D eigenvalue weighted by atomic mass is 35.5. The molecule has 1 aromatic carbocycles. The van der Waals surface area contributed by atoms with Crippen molar-refractivity contribution < 1.29 is 4.42 Å². The minimum Gasteiger partial charge on any atom is -0.472 e. The van der Waals surface area contributed by atoms with Crippen molar-refractivity contribution >= 4 is 23.2 Å². The Bertz CT molecular complexity index is 465. The number of benzene rings is 1. The van der Waals surface area contributed by atoms with Crippen molar-refractivity contribution in [3.63, 3.8) is 0 Å². The minimum absolute atomic E-state index is 0.0776. The molecule has 0 radical (unpaired) electrons. The van der Waals surface area contributed by atoms with Crippen molar-refractivity contribution in [2.24, 2.45) is 5.84 Å². The fourth-order valence-electron chi connectivity index (χ4n) is 1.68. The molecule has 0 aliphatic rings. The molecule has 0 bridgehead atoms. The van der Waals surface area contributed by atoms with E-state index in [0.29, 0.717) is 16.5 Å². The molecule has 0 aliphatic carbocycles. The van der Waals surface area contributed by atoms with Crippen molar-refractivity contribution in [1.29, 1.82) is 0 Å². The molecule has 2 rings (SSSR count). The van der Waals surface area contributed by atoms with Crippen LogP contribution in [0.15, 0.2) is 41.2 Å². The minimum atomic E-state index is -0.0776. The number of nitrogens with one attached hydrogen (secondary N) is 1. The van der Waals surface area contributed by atoms with E-state index >= 15 is 0 Å². The van der Waals surface area contributed by atoms with Gasteiger partial charge in [-0.2, -0.15) is 0 Å². The standard InChI is InChI=1S/C12H12Cl2N2O/c13-10-2-1-3-11(14)9(10)6-12(16-15)8-4-5-17-7-8/h1-5,7,12,16H,6,15H2. The fourth-order valence-corrected chi connectivity index (χ4v) is 2.23. The summed E-state index contributed by atoms with van der Waals surface area (Å²) in [5.74, 6) is 5.53. The molecule has 90 valence electrons. The summed E-state index contributed by atoms with van der Waals surface area (Å²) in [6.07, 6.45) is 3.86. The Morgan fingerprint density at radius 2 is 1.94 bits per heavy atom. The lowest BCUT2D eigenvalue weighted by molar-refractivity contribution is 0.525. The van der Waals surface area contributed by atoms with Gasteiger partial charge in [0.2, 0.25) is 0 Å². The van der Waals surface area contributed by atoms with E-state index in [0.717, 1.165) is 11.1 Å². The Kier molecular flexibility index (Phi) is 4.07. The maximum atomic E-state index is 6.12. The second kappa shape index (κ2) is 5.56. The van der Waals surface area contributed by atoms with Crippen LogP contribution in [-0.4, -0.2) is 0 Å². The van der Waals surface area contributed by atoms with Crippen LogP contribution in [0.3, 0.4) is 0 Å². The average molecular weight is 271 g/mol. The molecule has 2 aromatic rings. The van der Waals surface area contributed by atoms with Crippen molar-refractivity contribution in [2.45, 2.75) is 12.5 Å². The third kappa shape index (κ3) is 2.82. The summed E-state index contributed by atoms with van der Waals surface area (Å²) in [5, 5.41) is 1.28. The van der Waals surface area contributed by atoms with Gasteiger partial charge in [-0.25, -0.2) is 0 Å². The van der Waals surface area contributed by atoms with Gasteiger partial charge in [-0.05, 0) is 30.2 Å². The Hall–Kier alpha value is -1.00. The lowest BCUT2D eigenvalue weighted by Gasteiger charge is -2.16. The summed E-state index contributed by atoms with van der Waals surface area (Å²) in [6, 6.07) is 7.22. The highest BCUT2D eigenvalue weighted by molar-refractivity contribution is 6.36. The van der Waals surface area contributed by atoms with Crippen molar-refractivity contribution in [1.82, 2.24) is 5.43 Å². The van der Waals surface area contributed by atoms with Crippen LogP contribution in [-0.2, 0) is 6.42 Å². The van der Waals surface area contributed by atoms with E-state index in [1.165, 1.54) is 0 Å². The zero-order valence-corrected chi connectivity index (χ0v) is 10.5. The van der Waals surface area contributed by atoms with Crippen LogP contribution in [0.1, 0.15) is 17.2 Å². The molecule has 1 unspecified atom stereocenters. The van der Waals surface area contributed by atoms with Crippen LogP contribution in [0.4, 0.5) is 0 Å². The molecule has 17 heavy (non-hydrogen) atoms. The monoisotopic (exact) mass is 270 g/mol. The molecular weight excluding hydrogens is 259 g/mol. The highest BCUT2D eigenvalue weighted by Gasteiger charge is 2.15. The molecular formula is C12H12Cl2N2O. The SMILES string of the molecule is NNC(Cc1c(Cl)cccc1Cl)c1ccoc1. The largest absolute Gasteiger partial charge is 0.472 e. The van der Waals surface area contributed by atoms with E-state index in [2.05, 4.69) is 5.43 Å². The van der Waals surface area contributed by atoms with Gasteiger partial charge in [-0.15, -0.1) is 0 Å². The molecule has 1 aromatic heterocycles. The van der Waals surface area contributed by atoms with Crippen LogP contribution < -0.4 is 11.3 Å². The predicted octanol–water partition coefficient (Wildman–Crippen LogP) is 3.33. The van der Waals surface area contributed by atoms with Gasteiger partial charge in [-0.3, -0.25) is 11.3 Å².